The number of hydrogen-bond donors (Lipinski definition) is 1. The zero-order chi connectivity index (χ0) is 17.5. The van der Waals surface area contributed by atoms with Crippen molar-refractivity contribution in [3.63, 3.8) is 0 Å². The second-order valence-electron chi connectivity index (χ2n) is 5.02. The normalized spacial score (nSPS) is 11.1. The Hall–Kier alpha value is -3.48. The first kappa shape index (κ1) is 16.9. The van der Waals surface area contributed by atoms with Crippen molar-refractivity contribution in [2.24, 2.45) is 10.2 Å². The third-order valence-corrected chi connectivity index (χ3v) is 3.15. The number of amides is 1. The number of nitrogens with one attached hydrogen (secondary N) is 1. The predicted molar refractivity (Wildman–Crippen MR) is 85.2 cm³/mol. The minimum atomic E-state index is -0.375. The molecule has 0 aliphatic heterocycles. The Morgan fingerprint density at radius 1 is 1.33 bits per heavy atom. The SMILES string of the molecule is Cc1cc(C(C)NC(=O)c2cc(CN=[N+]=[N-])cc(N=[N+]=[N-])c2)no1. The third-order valence-electron chi connectivity index (χ3n) is 3.15. The highest BCUT2D eigenvalue weighted by Crippen LogP contribution is 2.20. The molecule has 0 aliphatic rings. The smallest absolute Gasteiger partial charge is 0.251 e. The quantitative estimate of drug-likeness (QED) is 0.480. The van der Waals surface area contributed by atoms with Crippen molar-refractivity contribution >= 4 is 11.6 Å². The predicted octanol–water partition coefficient (Wildman–Crippen LogP) is 4.23. The number of aromatic nitrogens is 1. The van der Waals surface area contributed by atoms with E-state index in [1.165, 1.54) is 6.07 Å². The number of hydrogen-bond acceptors (Lipinski definition) is 5. The maximum absolute atomic E-state index is 12.4. The second kappa shape index (κ2) is 7.68. The molecule has 1 aromatic carbocycles. The lowest BCUT2D eigenvalue weighted by Gasteiger charge is -2.12. The van der Waals surface area contributed by atoms with Crippen LogP contribution in [0, 0.1) is 6.92 Å². The van der Waals surface area contributed by atoms with Gasteiger partial charge in [0.2, 0.25) is 0 Å². The van der Waals surface area contributed by atoms with Crippen LogP contribution in [0.5, 0.6) is 0 Å². The summed E-state index contributed by atoms with van der Waals surface area (Å²) in [6, 6.07) is 5.94. The first-order valence-corrected chi connectivity index (χ1v) is 6.97. The molecule has 24 heavy (non-hydrogen) atoms. The minimum Gasteiger partial charge on any atom is -0.361 e. The molecule has 10 nitrogen and oxygen atoms in total. The van der Waals surface area contributed by atoms with E-state index >= 15 is 0 Å². The topological polar surface area (TPSA) is 153 Å². The minimum absolute atomic E-state index is 0.0452. The summed E-state index contributed by atoms with van der Waals surface area (Å²) in [7, 11) is 0. The molecule has 2 aromatic rings. The molecule has 0 bridgehead atoms. The Morgan fingerprint density at radius 2 is 2.12 bits per heavy atom. The molecule has 0 saturated heterocycles. The van der Waals surface area contributed by atoms with E-state index in [-0.39, 0.29) is 29.7 Å². The van der Waals surface area contributed by atoms with E-state index in [1.807, 2.05) is 0 Å². The van der Waals surface area contributed by atoms with E-state index in [0.717, 1.165) is 0 Å². The molecule has 1 amide bonds. The summed E-state index contributed by atoms with van der Waals surface area (Å²) in [5, 5.41) is 13.6. The van der Waals surface area contributed by atoms with E-state index in [1.54, 1.807) is 32.0 Å². The van der Waals surface area contributed by atoms with Gasteiger partial charge in [-0.25, -0.2) is 0 Å². The first-order chi connectivity index (χ1) is 11.5. The average molecular weight is 326 g/mol. The maximum atomic E-state index is 12.4. The molecular formula is C14H14N8O2. The van der Waals surface area contributed by atoms with Gasteiger partial charge >= 0.3 is 0 Å². The molecule has 10 heteroatoms. The van der Waals surface area contributed by atoms with Gasteiger partial charge in [0.25, 0.3) is 5.91 Å². The standard InChI is InChI=1S/C14H14N8O2/c1-8-3-13(20-24-8)9(2)18-14(23)11-4-10(7-17-21-15)5-12(6-11)19-22-16/h3-6,9H,7H2,1-2H3,(H,18,23). The highest BCUT2D eigenvalue weighted by molar-refractivity contribution is 5.95. The Bertz CT molecular complexity index is 846. The number of nitrogens with zero attached hydrogens (tertiary/aromatic N) is 7. The van der Waals surface area contributed by atoms with Crippen LogP contribution < -0.4 is 5.32 Å². The van der Waals surface area contributed by atoms with Crippen LogP contribution in [0.15, 0.2) is 39.0 Å². The molecule has 0 spiro atoms. The zero-order valence-electron chi connectivity index (χ0n) is 13.0. The van der Waals surface area contributed by atoms with Crippen LogP contribution in [0.25, 0.3) is 20.9 Å². The van der Waals surface area contributed by atoms with Crippen molar-refractivity contribution in [3.05, 3.63) is 67.7 Å². The number of carbonyl (C=O) groups is 1. The van der Waals surface area contributed by atoms with Crippen LogP contribution in [0.1, 0.15) is 40.3 Å². The number of benzene rings is 1. The molecule has 122 valence electrons. The number of aryl methyl sites for hydroxylation is 1. The fourth-order valence-electron chi connectivity index (χ4n) is 2.06. The Morgan fingerprint density at radius 3 is 2.75 bits per heavy atom. The third kappa shape index (κ3) is 4.26. The summed E-state index contributed by atoms with van der Waals surface area (Å²) in [4.78, 5) is 17.8. The lowest BCUT2D eigenvalue weighted by molar-refractivity contribution is 0.0938. The van der Waals surface area contributed by atoms with E-state index in [4.69, 9.17) is 15.6 Å². The van der Waals surface area contributed by atoms with Crippen molar-refractivity contribution in [1.82, 2.24) is 10.5 Å². The summed E-state index contributed by atoms with van der Waals surface area (Å²) >= 11 is 0. The maximum Gasteiger partial charge on any atom is 0.251 e. The Labute approximate surface area is 136 Å². The second-order valence-corrected chi connectivity index (χ2v) is 5.02. The molecular weight excluding hydrogens is 312 g/mol. The van der Waals surface area contributed by atoms with Crippen LogP contribution >= 0.6 is 0 Å². The molecule has 0 aliphatic carbocycles. The first-order valence-electron chi connectivity index (χ1n) is 6.97. The highest BCUT2D eigenvalue weighted by Gasteiger charge is 2.15. The molecule has 1 N–H and O–H groups in total. The monoisotopic (exact) mass is 326 g/mol. The highest BCUT2D eigenvalue weighted by atomic mass is 16.5. The van der Waals surface area contributed by atoms with Crippen molar-refractivity contribution in [1.29, 1.82) is 0 Å². The van der Waals surface area contributed by atoms with Gasteiger partial charge in [-0.1, -0.05) is 15.4 Å². The van der Waals surface area contributed by atoms with Gasteiger partial charge in [-0.05, 0) is 48.7 Å². The van der Waals surface area contributed by atoms with Crippen molar-refractivity contribution < 1.29 is 9.32 Å². The van der Waals surface area contributed by atoms with E-state index < -0.39 is 0 Å². The lowest BCUT2D eigenvalue weighted by atomic mass is 10.1. The van der Waals surface area contributed by atoms with E-state index in [9.17, 15) is 4.79 Å². The van der Waals surface area contributed by atoms with Crippen molar-refractivity contribution in [2.75, 3.05) is 0 Å². The zero-order valence-corrected chi connectivity index (χ0v) is 13.0. The van der Waals surface area contributed by atoms with Crippen molar-refractivity contribution in [3.8, 4) is 0 Å². The summed E-state index contributed by atoms with van der Waals surface area (Å²) in [6.45, 7) is 3.58. The summed E-state index contributed by atoms with van der Waals surface area (Å²) in [5.74, 6) is 0.272. The lowest BCUT2D eigenvalue weighted by Crippen LogP contribution is -2.26. The summed E-state index contributed by atoms with van der Waals surface area (Å²) in [5.41, 5.74) is 18.7. The largest absolute Gasteiger partial charge is 0.361 e. The van der Waals surface area contributed by atoms with E-state index in [2.05, 4.69) is 30.5 Å². The van der Waals surface area contributed by atoms with Crippen LogP contribution in [-0.2, 0) is 6.54 Å². The molecule has 1 unspecified atom stereocenters. The van der Waals surface area contributed by atoms with Crippen LogP contribution in [0.2, 0.25) is 0 Å². The van der Waals surface area contributed by atoms with Crippen molar-refractivity contribution in [2.45, 2.75) is 26.4 Å². The van der Waals surface area contributed by atoms with Gasteiger partial charge in [-0.15, -0.1) is 0 Å². The molecule has 0 fully saturated rings. The van der Waals surface area contributed by atoms with Gasteiger partial charge in [-0.3, -0.25) is 4.79 Å². The molecule has 1 heterocycles. The molecule has 0 saturated carbocycles. The van der Waals surface area contributed by atoms with Gasteiger partial charge < -0.3 is 9.84 Å². The number of azide groups is 2. The molecule has 1 atom stereocenters. The van der Waals surface area contributed by atoms with Gasteiger partial charge in [0.1, 0.15) is 11.5 Å². The molecule has 0 radical (unpaired) electrons. The van der Waals surface area contributed by atoms with Crippen LogP contribution in [0.3, 0.4) is 0 Å². The van der Waals surface area contributed by atoms with Gasteiger partial charge in [0, 0.05) is 27.1 Å². The van der Waals surface area contributed by atoms with Crippen LogP contribution in [0.4, 0.5) is 5.69 Å². The number of rotatable bonds is 6. The Balaban J connectivity index is 2.25. The average Bonchev–Trinajstić information content (AvgIpc) is 2.99. The summed E-state index contributed by atoms with van der Waals surface area (Å²) < 4.78 is 4.98. The number of carbonyl (C=O) groups excluding carboxylic acids is 1. The molecule has 1 aromatic heterocycles. The summed E-state index contributed by atoms with van der Waals surface area (Å²) in [6.07, 6.45) is 0. The van der Waals surface area contributed by atoms with Crippen LogP contribution in [-0.4, -0.2) is 11.1 Å². The fourth-order valence-corrected chi connectivity index (χ4v) is 2.06. The Kier molecular flexibility index (Phi) is 5.40. The van der Waals surface area contributed by atoms with Gasteiger partial charge in [0.05, 0.1) is 12.6 Å². The molecule has 2 rings (SSSR count). The van der Waals surface area contributed by atoms with Gasteiger partial charge in [0.15, 0.2) is 0 Å². The van der Waals surface area contributed by atoms with E-state index in [0.29, 0.717) is 17.0 Å². The van der Waals surface area contributed by atoms with Gasteiger partial charge in [-0.2, -0.15) is 0 Å². The fraction of sp³-hybridized carbons (Fsp3) is 0.286.